The number of hydrogen-bond acceptors (Lipinski definition) is 4. The van der Waals surface area contributed by atoms with Gasteiger partial charge in [-0.3, -0.25) is 13.9 Å². The monoisotopic (exact) mass is 673 g/mol. The number of amides is 2. The molecular formula is C28H28BrClF3N3O4S. The number of anilines is 1. The molecule has 13 heteroatoms. The van der Waals surface area contributed by atoms with Gasteiger partial charge in [0.05, 0.1) is 21.2 Å². The number of halogens is 5. The third kappa shape index (κ3) is 8.23. The number of nitrogens with zero attached hydrogens (tertiary/aromatic N) is 2. The van der Waals surface area contributed by atoms with Crippen LogP contribution in [0.2, 0.25) is 5.02 Å². The summed E-state index contributed by atoms with van der Waals surface area (Å²) in [6, 6.07) is 15.3. The number of rotatable bonds is 10. The van der Waals surface area contributed by atoms with Crippen molar-refractivity contribution in [2.24, 2.45) is 0 Å². The van der Waals surface area contributed by atoms with Gasteiger partial charge in [-0.15, -0.1) is 0 Å². The maximum Gasteiger partial charge on any atom is 0.417 e. The van der Waals surface area contributed by atoms with Crippen molar-refractivity contribution in [2.45, 2.75) is 50.5 Å². The molecule has 41 heavy (non-hydrogen) atoms. The molecule has 0 unspecified atom stereocenters. The first-order chi connectivity index (χ1) is 19.1. The molecule has 0 aliphatic rings. The molecule has 0 aliphatic carbocycles. The number of sulfonamides is 1. The summed E-state index contributed by atoms with van der Waals surface area (Å²) in [5.74, 6) is -1.28. The lowest BCUT2D eigenvalue weighted by atomic mass is 10.1. The van der Waals surface area contributed by atoms with Gasteiger partial charge in [0.25, 0.3) is 10.0 Å². The molecule has 1 N–H and O–H groups in total. The minimum atomic E-state index is -4.88. The predicted molar refractivity (Wildman–Crippen MR) is 155 cm³/mol. The Bertz CT molecular complexity index is 1490. The molecule has 7 nitrogen and oxygen atoms in total. The van der Waals surface area contributed by atoms with Crippen LogP contribution < -0.4 is 9.62 Å². The molecule has 1 atom stereocenters. The van der Waals surface area contributed by atoms with E-state index >= 15 is 0 Å². The second-order valence-electron chi connectivity index (χ2n) is 9.47. The number of alkyl halides is 3. The van der Waals surface area contributed by atoms with Gasteiger partial charge >= 0.3 is 6.18 Å². The SMILES string of the molecule is CC(C)NC(=O)[C@@H](C)N(Cc1ccc(Br)cc1)C(=O)CN(c1ccc(Cl)c(C(F)(F)F)c1)S(=O)(=O)c1ccccc1. The van der Waals surface area contributed by atoms with Crippen LogP contribution in [0.25, 0.3) is 0 Å². The van der Waals surface area contributed by atoms with Gasteiger partial charge in [-0.2, -0.15) is 13.2 Å². The summed E-state index contributed by atoms with van der Waals surface area (Å²) in [5, 5.41) is 2.11. The highest BCUT2D eigenvalue weighted by Crippen LogP contribution is 2.38. The van der Waals surface area contributed by atoms with Gasteiger partial charge in [-0.1, -0.05) is 57.9 Å². The molecule has 2 amide bonds. The van der Waals surface area contributed by atoms with Crippen LogP contribution in [-0.2, 0) is 32.3 Å². The number of hydrogen-bond donors (Lipinski definition) is 1. The minimum absolute atomic E-state index is 0.0631. The molecule has 220 valence electrons. The van der Waals surface area contributed by atoms with E-state index in [1.54, 1.807) is 44.2 Å². The standard InChI is InChI=1S/C28H28BrClF3N3O4S/c1-18(2)34-27(38)19(3)35(16-20-9-11-21(29)12-10-20)26(37)17-36(41(39,40)23-7-5-4-6-8-23)22-13-14-25(30)24(15-22)28(31,32)33/h4-15,18-19H,16-17H2,1-3H3,(H,34,38)/t19-/m1/s1. The smallest absolute Gasteiger partial charge is 0.352 e. The predicted octanol–water partition coefficient (Wildman–Crippen LogP) is 6.26. The highest BCUT2D eigenvalue weighted by atomic mass is 79.9. The van der Waals surface area contributed by atoms with Gasteiger partial charge < -0.3 is 10.2 Å². The van der Waals surface area contributed by atoms with E-state index in [9.17, 15) is 31.2 Å². The largest absolute Gasteiger partial charge is 0.417 e. The number of nitrogens with one attached hydrogen (secondary N) is 1. The Kier molecular flexibility index (Phi) is 10.5. The van der Waals surface area contributed by atoms with Crippen molar-refractivity contribution in [1.82, 2.24) is 10.2 Å². The summed E-state index contributed by atoms with van der Waals surface area (Å²) in [5.41, 5.74) is -1.02. The summed E-state index contributed by atoms with van der Waals surface area (Å²) >= 11 is 9.12. The maximum absolute atomic E-state index is 13.8. The molecule has 0 bridgehead atoms. The molecule has 0 fully saturated rings. The van der Waals surface area contributed by atoms with E-state index in [0.29, 0.717) is 15.9 Å². The van der Waals surface area contributed by atoms with E-state index in [2.05, 4.69) is 21.2 Å². The summed E-state index contributed by atoms with van der Waals surface area (Å²) in [6.45, 7) is 4.05. The van der Waals surface area contributed by atoms with E-state index in [1.165, 1.54) is 36.1 Å². The van der Waals surface area contributed by atoms with Gasteiger partial charge in [-0.05, 0) is 68.8 Å². The van der Waals surface area contributed by atoms with Crippen molar-refractivity contribution in [3.05, 3.63) is 93.4 Å². The second-order valence-corrected chi connectivity index (χ2v) is 12.7. The van der Waals surface area contributed by atoms with E-state index < -0.39 is 56.9 Å². The zero-order valence-electron chi connectivity index (χ0n) is 22.3. The normalized spacial score (nSPS) is 12.6. The fraction of sp³-hybridized carbons (Fsp3) is 0.286. The molecule has 3 rings (SSSR count). The number of benzene rings is 3. The molecule has 0 aromatic heterocycles. The lowest BCUT2D eigenvalue weighted by molar-refractivity contribution is -0.139. The van der Waals surface area contributed by atoms with E-state index in [0.717, 1.165) is 16.6 Å². The quantitative estimate of drug-likeness (QED) is 0.275. The van der Waals surface area contributed by atoms with Crippen molar-refractivity contribution in [1.29, 1.82) is 0 Å². The summed E-state index contributed by atoms with van der Waals surface area (Å²) in [7, 11) is -4.53. The molecule has 0 saturated carbocycles. The first-order valence-corrected chi connectivity index (χ1v) is 15.0. The molecule has 3 aromatic carbocycles. The zero-order valence-corrected chi connectivity index (χ0v) is 25.5. The molecule has 0 aliphatic heterocycles. The third-order valence-electron chi connectivity index (χ3n) is 6.02. The first kappa shape index (κ1) is 32.4. The van der Waals surface area contributed by atoms with Crippen LogP contribution in [0.15, 0.2) is 82.2 Å². The van der Waals surface area contributed by atoms with Gasteiger partial charge in [0, 0.05) is 17.1 Å². The van der Waals surface area contributed by atoms with Crippen LogP contribution in [0, 0.1) is 0 Å². The van der Waals surface area contributed by atoms with Crippen molar-refractivity contribution in [3.63, 3.8) is 0 Å². The Balaban J connectivity index is 2.10. The first-order valence-electron chi connectivity index (χ1n) is 12.4. The highest BCUT2D eigenvalue weighted by molar-refractivity contribution is 9.10. The van der Waals surface area contributed by atoms with Gasteiger partial charge in [-0.25, -0.2) is 8.42 Å². The average molecular weight is 675 g/mol. The van der Waals surface area contributed by atoms with Crippen LogP contribution in [0.5, 0.6) is 0 Å². The molecular weight excluding hydrogens is 647 g/mol. The fourth-order valence-corrected chi connectivity index (χ4v) is 5.82. The minimum Gasteiger partial charge on any atom is -0.352 e. The van der Waals surface area contributed by atoms with Gasteiger partial charge in [0.1, 0.15) is 12.6 Å². The number of carbonyl (C=O) groups is 2. The fourth-order valence-electron chi connectivity index (χ4n) is 3.91. The number of carbonyl (C=O) groups excluding carboxylic acids is 2. The average Bonchev–Trinajstić information content (AvgIpc) is 2.90. The van der Waals surface area contributed by atoms with Gasteiger partial charge in [0.15, 0.2) is 0 Å². The Labute approximate surface area is 250 Å². The van der Waals surface area contributed by atoms with E-state index in [1.807, 2.05) is 0 Å². The lowest BCUT2D eigenvalue weighted by Crippen LogP contribution is -2.52. The Morgan fingerprint density at radius 1 is 0.976 bits per heavy atom. The molecule has 0 radical (unpaired) electrons. The van der Waals surface area contributed by atoms with E-state index in [4.69, 9.17) is 11.6 Å². The summed E-state index contributed by atoms with van der Waals surface area (Å²) in [6.07, 6.45) is -4.88. The molecule has 0 heterocycles. The van der Waals surface area contributed by atoms with Gasteiger partial charge in [0.2, 0.25) is 11.8 Å². The van der Waals surface area contributed by atoms with E-state index in [-0.39, 0.29) is 17.5 Å². The third-order valence-corrected chi connectivity index (χ3v) is 8.66. The van der Waals surface area contributed by atoms with Crippen LogP contribution in [0.3, 0.4) is 0 Å². The molecule has 0 spiro atoms. The second kappa shape index (κ2) is 13.3. The highest BCUT2D eigenvalue weighted by Gasteiger charge is 2.37. The molecule has 3 aromatic rings. The van der Waals surface area contributed by atoms with Crippen molar-refractivity contribution in [3.8, 4) is 0 Å². The summed E-state index contributed by atoms with van der Waals surface area (Å²) < 4.78 is 69.9. The van der Waals surface area contributed by atoms with Crippen LogP contribution in [0.1, 0.15) is 31.9 Å². The Morgan fingerprint density at radius 2 is 1.59 bits per heavy atom. The Morgan fingerprint density at radius 3 is 2.15 bits per heavy atom. The van der Waals surface area contributed by atoms with Crippen LogP contribution in [-0.4, -0.2) is 43.8 Å². The van der Waals surface area contributed by atoms with Crippen molar-refractivity contribution < 1.29 is 31.2 Å². The van der Waals surface area contributed by atoms with Crippen molar-refractivity contribution >= 4 is 55.1 Å². The van der Waals surface area contributed by atoms with Crippen LogP contribution >= 0.6 is 27.5 Å². The lowest BCUT2D eigenvalue weighted by Gasteiger charge is -2.32. The van der Waals surface area contributed by atoms with Crippen molar-refractivity contribution in [2.75, 3.05) is 10.8 Å². The Hall–Kier alpha value is -3.09. The maximum atomic E-state index is 13.8. The van der Waals surface area contributed by atoms with Crippen LogP contribution in [0.4, 0.5) is 18.9 Å². The summed E-state index contributed by atoms with van der Waals surface area (Å²) in [4.78, 5) is 27.7. The molecule has 0 saturated heterocycles. The zero-order chi connectivity index (χ0) is 30.5. The topological polar surface area (TPSA) is 86.8 Å².